The van der Waals surface area contributed by atoms with Gasteiger partial charge in [-0.1, -0.05) is 18.5 Å². The van der Waals surface area contributed by atoms with Crippen LogP contribution in [0.5, 0.6) is 5.75 Å². The van der Waals surface area contributed by atoms with Gasteiger partial charge in [-0.15, -0.1) is 0 Å². The second-order valence-corrected chi connectivity index (χ2v) is 3.49. The Morgan fingerprint density at radius 2 is 2.14 bits per heavy atom. The van der Waals surface area contributed by atoms with Crippen LogP contribution in [0.2, 0.25) is 5.02 Å². The second-order valence-electron chi connectivity index (χ2n) is 3.09. The number of aliphatic hydroxyl groups excluding tert-OH is 1. The lowest BCUT2D eigenvalue weighted by atomic mass is 10.1. The third-order valence-corrected chi connectivity index (χ3v) is 2.53. The standard InChI is InChI=1S/C11H15ClO2/c1-3-9-10(12)6-8(4-5-13)7-11(9)14-2/h6-7,13H,3-5H2,1-2H3. The van der Waals surface area contributed by atoms with Crippen molar-refractivity contribution < 1.29 is 9.84 Å². The number of rotatable bonds is 4. The molecule has 2 nitrogen and oxygen atoms in total. The number of hydrogen-bond donors (Lipinski definition) is 1. The summed E-state index contributed by atoms with van der Waals surface area (Å²) in [6, 6.07) is 3.82. The molecule has 0 amide bonds. The third kappa shape index (κ3) is 2.40. The summed E-state index contributed by atoms with van der Waals surface area (Å²) in [5.74, 6) is 0.809. The minimum Gasteiger partial charge on any atom is -0.496 e. The van der Waals surface area contributed by atoms with Gasteiger partial charge in [0, 0.05) is 17.2 Å². The van der Waals surface area contributed by atoms with Crippen LogP contribution in [0.1, 0.15) is 18.1 Å². The molecule has 0 radical (unpaired) electrons. The Labute approximate surface area is 89.5 Å². The highest BCUT2D eigenvalue weighted by Crippen LogP contribution is 2.29. The van der Waals surface area contributed by atoms with Crippen molar-refractivity contribution in [3.8, 4) is 5.75 Å². The summed E-state index contributed by atoms with van der Waals surface area (Å²) in [5, 5.41) is 9.53. The molecule has 78 valence electrons. The predicted octanol–water partition coefficient (Wildman–Crippen LogP) is 2.45. The van der Waals surface area contributed by atoms with Crippen LogP contribution in [0.15, 0.2) is 12.1 Å². The van der Waals surface area contributed by atoms with Gasteiger partial charge < -0.3 is 9.84 Å². The normalized spacial score (nSPS) is 10.3. The maximum atomic E-state index is 8.82. The van der Waals surface area contributed by atoms with E-state index in [0.717, 1.165) is 28.3 Å². The zero-order chi connectivity index (χ0) is 10.6. The number of benzene rings is 1. The van der Waals surface area contributed by atoms with Crippen LogP contribution >= 0.6 is 11.6 Å². The van der Waals surface area contributed by atoms with Gasteiger partial charge in [0.1, 0.15) is 5.75 Å². The lowest BCUT2D eigenvalue weighted by molar-refractivity contribution is 0.299. The summed E-state index contributed by atoms with van der Waals surface area (Å²) < 4.78 is 5.24. The zero-order valence-corrected chi connectivity index (χ0v) is 9.27. The van der Waals surface area contributed by atoms with Gasteiger partial charge in [0.05, 0.1) is 7.11 Å². The van der Waals surface area contributed by atoms with E-state index in [0.29, 0.717) is 6.42 Å². The first-order valence-corrected chi connectivity index (χ1v) is 5.06. The molecule has 0 unspecified atom stereocenters. The minimum atomic E-state index is 0.130. The van der Waals surface area contributed by atoms with Gasteiger partial charge in [-0.05, 0) is 30.5 Å². The fourth-order valence-corrected chi connectivity index (χ4v) is 1.83. The van der Waals surface area contributed by atoms with Crippen molar-refractivity contribution in [1.29, 1.82) is 0 Å². The Bertz CT molecular complexity index is 310. The van der Waals surface area contributed by atoms with Gasteiger partial charge in [0.25, 0.3) is 0 Å². The van der Waals surface area contributed by atoms with Crippen LogP contribution in [0, 0.1) is 0 Å². The summed E-state index contributed by atoms with van der Waals surface area (Å²) in [7, 11) is 1.63. The van der Waals surface area contributed by atoms with E-state index in [1.165, 1.54) is 0 Å². The molecule has 0 aliphatic carbocycles. The number of methoxy groups -OCH3 is 1. The van der Waals surface area contributed by atoms with Gasteiger partial charge in [0.2, 0.25) is 0 Å². The number of halogens is 1. The molecule has 0 aliphatic rings. The van der Waals surface area contributed by atoms with Crippen molar-refractivity contribution >= 4 is 11.6 Å². The first-order valence-electron chi connectivity index (χ1n) is 4.69. The molecule has 0 atom stereocenters. The summed E-state index contributed by atoms with van der Waals surface area (Å²) >= 11 is 6.09. The van der Waals surface area contributed by atoms with Crippen molar-refractivity contribution in [2.75, 3.05) is 13.7 Å². The summed E-state index contributed by atoms with van der Waals surface area (Å²) in [4.78, 5) is 0. The molecular formula is C11H15ClO2. The second kappa shape index (κ2) is 5.23. The third-order valence-electron chi connectivity index (χ3n) is 2.19. The Kier molecular flexibility index (Phi) is 4.23. The van der Waals surface area contributed by atoms with Crippen molar-refractivity contribution in [1.82, 2.24) is 0 Å². The monoisotopic (exact) mass is 214 g/mol. The van der Waals surface area contributed by atoms with Gasteiger partial charge in [0.15, 0.2) is 0 Å². The first-order chi connectivity index (χ1) is 6.72. The molecule has 0 fully saturated rings. The number of aliphatic hydroxyl groups is 1. The number of hydrogen-bond acceptors (Lipinski definition) is 2. The Morgan fingerprint density at radius 1 is 1.43 bits per heavy atom. The van der Waals surface area contributed by atoms with Crippen LogP contribution in [0.25, 0.3) is 0 Å². The molecule has 0 aromatic heterocycles. The zero-order valence-electron chi connectivity index (χ0n) is 8.51. The fourth-order valence-electron chi connectivity index (χ4n) is 1.46. The van der Waals surface area contributed by atoms with Gasteiger partial charge >= 0.3 is 0 Å². The average molecular weight is 215 g/mol. The summed E-state index contributed by atoms with van der Waals surface area (Å²) in [5.41, 5.74) is 2.03. The topological polar surface area (TPSA) is 29.5 Å². The molecule has 0 spiro atoms. The molecule has 0 bridgehead atoms. The van der Waals surface area contributed by atoms with Gasteiger partial charge in [-0.2, -0.15) is 0 Å². The minimum absolute atomic E-state index is 0.130. The van der Waals surface area contributed by atoms with Crippen LogP contribution in [0.4, 0.5) is 0 Å². The predicted molar refractivity (Wildman–Crippen MR) is 58.2 cm³/mol. The molecule has 3 heteroatoms. The maximum absolute atomic E-state index is 8.82. The molecule has 1 aromatic carbocycles. The fraction of sp³-hybridized carbons (Fsp3) is 0.455. The van der Waals surface area contributed by atoms with Gasteiger partial charge in [-0.3, -0.25) is 0 Å². The molecule has 0 aliphatic heterocycles. The largest absolute Gasteiger partial charge is 0.496 e. The van der Waals surface area contributed by atoms with Gasteiger partial charge in [-0.25, -0.2) is 0 Å². The van der Waals surface area contributed by atoms with E-state index in [1.807, 2.05) is 19.1 Å². The molecule has 1 N–H and O–H groups in total. The lowest BCUT2D eigenvalue weighted by Crippen LogP contribution is -1.96. The quantitative estimate of drug-likeness (QED) is 0.835. The molecule has 0 heterocycles. The van der Waals surface area contributed by atoms with E-state index in [1.54, 1.807) is 7.11 Å². The molecule has 14 heavy (non-hydrogen) atoms. The molecule has 0 saturated carbocycles. The highest BCUT2D eigenvalue weighted by molar-refractivity contribution is 6.31. The Balaban J connectivity index is 3.10. The van der Waals surface area contributed by atoms with E-state index in [4.69, 9.17) is 21.4 Å². The first kappa shape index (κ1) is 11.3. The molecule has 0 saturated heterocycles. The van der Waals surface area contributed by atoms with Crippen molar-refractivity contribution in [2.45, 2.75) is 19.8 Å². The van der Waals surface area contributed by atoms with E-state index in [9.17, 15) is 0 Å². The maximum Gasteiger partial charge on any atom is 0.123 e. The van der Waals surface area contributed by atoms with E-state index < -0.39 is 0 Å². The van der Waals surface area contributed by atoms with Crippen LogP contribution in [-0.2, 0) is 12.8 Å². The highest BCUT2D eigenvalue weighted by atomic mass is 35.5. The molecular weight excluding hydrogens is 200 g/mol. The van der Waals surface area contributed by atoms with Crippen LogP contribution in [0.3, 0.4) is 0 Å². The van der Waals surface area contributed by atoms with E-state index >= 15 is 0 Å². The van der Waals surface area contributed by atoms with Crippen molar-refractivity contribution in [2.24, 2.45) is 0 Å². The SMILES string of the molecule is CCc1c(Cl)cc(CCO)cc1OC. The summed E-state index contributed by atoms with van der Waals surface area (Å²) in [6.45, 7) is 2.17. The van der Waals surface area contributed by atoms with Crippen molar-refractivity contribution in [3.05, 3.63) is 28.3 Å². The lowest BCUT2D eigenvalue weighted by Gasteiger charge is -2.10. The van der Waals surface area contributed by atoms with E-state index in [-0.39, 0.29) is 6.61 Å². The Hall–Kier alpha value is -0.730. The van der Waals surface area contributed by atoms with Crippen molar-refractivity contribution in [3.63, 3.8) is 0 Å². The van der Waals surface area contributed by atoms with E-state index in [2.05, 4.69) is 0 Å². The number of ether oxygens (including phenoxy) is 1. The highest BCUT2D eigenvalue weighted by Gasteiger charge is 2.08. The smallest absolute Gasteiger partial charge is 0.123 e. The molecule has 1 rings (SSSR count). The van der Waals surface area contributed by atoms with Crippen LogP contribution in [-0.4, -0.2) is 18.8 Å². The Morgan fingerprint density at radius 3 is 2.64 bits per heavy atom. The molecule has 1 aromatic rings. The summed E-state index contributed by atoms with van der Waals surface area (Å²) in [6.07, 6.45) is 1.46. The van der Waals surface area contributed by atoms with Crippen LogP contribution < -0.4 is 4.74 Å². The average Bonchev–Trinajstić information content (AvgIpc) is 2.17.